The van der Waals surface area contributed by atoms with Crippen molar-refractivity contribution in [3.8, 4) is 0 Å². The molecule has 1 aliphatic rings. The standard InChI is InChI=1S/C12H16ClN3O3S/c1-8-6-9(13)10(14)7-11(8)20(18,19)16-4-2-12(17)15-3-5-16/h6-7H,2-5,14H2,1H3,(H,15,17). The molecular weight excluding hydrogens is 302 g/mol. The van der Waals surface area contributed by atoms with Crippen molar-refractivity contribution in [2.45, 2.75) is 18.2 Å². The molecule has 1 aromatic carbocycles. The van der Waals surface area contributed by atoms with Crippen LogP contribution in [0.15, 0.2) is 17.0 Å². The van der Waals surface area contributed by atoms with Crippen LogP contribution in [0, 0.1) is 6.92 Å². The minimum atomic E-state index is -3.68. The van der Waals surface area contributed by atoms with Crippen LogP contribution in [0.4, 0.5) is 5.69 Å². The van der Waals surface area contributed by atoms with Gasteiger partial charge in [-0.25, -0.2) is 8.42 Å². The van der Waals surface area contributed by atoms with Gasteiger partial charge in [0.05, 0.1) is 15.6 Å². The van der Waals surface area contributed by atoms with Gasteiger partial charge < -0.3 is 11.1 Å². The second-order valence-corrected chi connectivity index (χ2v) is 6.96. The van der Waals surface area contributed by atoms with Gasteiger partial charge in [0.15, 0.2) is 0 Å². The lowest BCUT2D eigenvalue weighted by Gasteiger charge is -2.21. The Morgan fingerprint density at radius 2 is 2.05 bits per heavy atom. The average molecular weight is 318 g/mol. The normalized spacial score (nSPS) is 17.6. The number of nitrogen functional groups attached to an aromatic ring is 1. The second kappa shape index (κ2) is 5.59. The summed E-state index contributed by atoms with van der Waals surface area (Å²) in [6, 6.07) is 2.90. The Labute approximate surface area is 122 Å². The van der Waals surface area contributed by atoms with E-state index in [1.807, 2.05) is 0 Å². The Morgan fingerprint density at radius 1 is 1.35 bits per heavy atom. The molecule has 1 fully saturated rings. The van der Waals surface area contributed by atoms with Crippen molar-refractivity contribution in [3.63, 3.8) is 0 Å². The molecule has 1 aliphatic heterocycles. The zero-order valence-electron chi connectivity index (χ0n) is 11.0. The van der Waals surface area contributed by atoms with Crippen LogP contribution >= 0.6 is 11.6 Å². The second-order valence-electron chi connectivity index (χ2n) is 4.64. The van der Waals surface area contributed by atoms with Crippen LogP contribution in [0.25, 0.3) is 0 Å². The van der Waals surface area contributed by atoms with Gasteiger partial charge >= 0.3 is 0 Å². The number of anilines is 1. The smallest absolute Gasteiger partial charge is 0.243 e. The van der Waals surface area contributed by atoms with Gasteiger partial charge in [0.1, 0.15) is 0 Å². The summed E-state index contributed by atoms with van der Waals surface area (Å²) in [4.78, 5) is 11.4. The SMILES string of the molecule is Cc1cc(Cl)c(N)cc1S(=O)(=O)N1CCNC(=O)CC1. The third-order valence-electron chi connectivity index (χ3n) is 3.18. The number of hydrogen-bond donors (Lipinski definition) is 2. The molecule has 1 heterocycles. The number of nitrogens with two attached hydrogens (primary N) is 1. The van der Waals surface area contributed by atoms with Crippen molar-refractivity contribution in [1.29, 1.82) is 0 Å². The van der Waals surface area contributed by atoms with E-state index < -0.39 is 10.0 Å². The summed E-state index contributed by atoms with van der Waals surface area (Å²) in [6.45, 7) is 2.38. The molecule has 0 bridgehead atoms. The first-order valence-electron chi connectivity index (χ1n) is 6.15. The zero-order valence-corrected chi connectivity index (χ0v) is 12.6. The Balaban J connectivity index is 2.39. The molecular formula is C12H16ClN3O3S. The van der Waals surface area contributed by atoms with Crippen LogP contribution in [0.1, 0.15) is 12.0 Å². The molecule has 110 valence electrons. The predicted octanol–water partition coefficient (Wildman–Crippen LogP) is 0.741. The number of carbonyl (C=O) groups is 1. The van der Waals surface area contributed by atoms with E-state index in [1.165, 1.54) is 16.4 Å². The molecule has 0 atom stereocenters. The van der Waals surface area contributed by atoms with E-state index in [2.05, 4.69) is 5.32 Å². The van der Waals surface area contributed by atoms with Crippen LogP contribution < -0.4 is 11.1 Å². The van der Waals surface area contributed by atoms with Crippen molar-refractivity contribution in [2.75, 3.05) is 25.4 Å². The molecule has 0 unspecified atom stereocenters. The van der Waals surface area contributed by atoms with Gasteiger partial charge in [-0.1, -0.05) is 11.6 Å². The highest BCUT2D eigenvalue weighted by atomic mass is 35.5. The van der Waals surface area contributed by atoms with Crippen molar-refractivity contribution >= 4 is 33.2 Å². The van der Waals surface area contributed by atoms with Crippen LogP contribution in [0.5, 0.6) is 0 Å². The summed E-state index contributed by atoms with van der Waals surface area (Å²) in [5, 5.41) is 2.97. The molecule has 20 heavy (non-hydrogen) atoms. The molecule has 1 aromatic rings. The van der Waals surface area contributed by atoms with Gasteiger partial charge in [0.2, 0.25) is 15.9 Å². The molecule has 6 nitrogen and oxygen atoms in total. The lowest BCUT2D eigenvalue weighted by molar-refractivity contribution is -0.120. The quantitative estimate of drug-likeness (QED) is 0.787. The number of aryl methyl sites for hydroxylation is 1. The molecule has 1 amide bonds. The molecule has 2 rings (SSSR count). The van der Waals surface area contributed by atoms with E-state index in [4.69, 9.17) is 17.3 Å². The van der Waals surface area contributed by atoms with Crippen molar-refractivity contribution in [2.24, 2.45) is 0 Å². The lowest BCUT2D eigenvalue weighted by Crippen LogP contribution is -2.34. The molecule has 8 heteroatoms. The number of benzene rings is 1. The highest BCUT2D eigenvalue weighted by Gasteiger charge is 2.28. The summed E-state index contributed by atoms with van der Waals surface area (Å²) in [5.41, 5.74) is 6.44. The Bertz CT molecular complexity index is 646. The van der Waals surface area contributed by atoms with Gasteiger partial charge in [0, 0.05) is 26.1 Å². The van der Waals surface area contributed by atoms with Crippen molar-refractivity contribution < 1.29 is 13.2 Å². The number of nitrogens with zero attached hydrogens (tertiary/aromatic N) is 1. The maximum atomic E-state index is 12.6. The number of rotatable bonds is 2. The van der Waals surface area contributed by atoms with Gasteiger partial charge in [-0.05, 0) is 24.6 Å². The minimum absolute atomic E-state index is 0.133. The highest BCUT2D eigenvalue weighted by Crippen LogP contribution is 2.28. The molecule has 0 aromatic heterocycles. The van der Waals surface area contributed by atoms with Crippen LogP contribution in [-0.4, -0.2) is 38.3 Å². The number of amides is 1. The zero-order chi connectivity index (χ0) is 14.9. The molecule has 0 radical (unpaired) electrons. The number of sulfonamides is 1. The highest BCUT2D eigenvalue weighted by molar-refractivity contribution is 7.89. The third-order valence-corrected chi connectivity index (χ3v) is 5.55. The molecule has 0 saturated carbocycles. The van der Waals surface area contributed by atoms with Crippen molar-refractivity contribution in [1.82, 2.24) is 9.62 Å². The lowest BCUT2D eigenvalue weighted by atomic mass is 10.2. The third kappa shape index (κ3) is 2.89. The molecule has 0 spiro atoms. The Morgan fingerprint density at radius 3 is 2.75 bits per heavy atom. The number of hydrogen-bond acceptors (Lipinski definition) is 4. The maximum absolute atomic E-state index is 12.6. The molecule has 0 aliphatic carbocycles. The Kier molecular flexibility index (Phi) is 4.22. The van der Waals surface area contributed by atoms with Crippen molar-refractivity contribution in [3.05, 3.63) is 22.7 Å². The van der Waals surface area contributed by atoms with E-state index >= 15 is 0 Å². The Hall–Kier alpha value is -1.31. The summed E-state index contributed by atoms with van der Waals surface area (Å²) in [5.74, 6) is -0.143. The first-order chi connectivity index (χ1) is 9.32. The number of nitrogens with one attached hydrogen (secondary N) is 1. The van der Waals surface area contributed by atoms with Gasteiger partial charge in [-0.2, -0.15) is 4.31 Å². The summed E-state index contributed by atoms with van der Waals surface area (Å²) >= 11 is 5.88. The van der Waals surface area contributed by atoms with Gasteiger partial charge in [-0.3, -0.25) is 4.79 Å². The summed E-state index contributed by atoms with van der Waals surface area (Å²) in [7, 11) is -3.68. The van der Waals surface area contributed by atoms with E-state index in [-0.39, 0.29) is 36.0 Å². The topological polar surface area (TPSA) is 92.5 Å². The van der Waals surface area contributed by atoms with E-state index in [1.54, 1.807) is 6.92 Å². The van der Waals surface area contributed by atoms with E-state index in [0.29, 0.717) is 17.1 Å². The fourth-order valence-corrected chi connectivity index (χ4v) is 3.97. The summed E-state index contributed by atoms with van der Waals surface area (Å²) in [6.07, 6.45) is 0.154. The van der Waals surface area contributed by atoms with Gasteiger partial charge in [0.25, 0.3) is 0 Å². The van der Waals surface area contributed by atoms with E-state index in [9.17, 15) is 13.2 Å². The molecule has 3 N–H and O–H groups in total. The number of carbonyl (C=O) groups excluding carboxylic acids is 1. The first kappa shape index (κ1) is 15.1. The van der Waals surface area contributed by atoms with Crippen LogP contribution in [-0.2, 0) is 14.8 Å². The maximum Gasteiger partial charge on any atom is 0.243 e. The predicted molar refractivity (Wildman–Crippen MR) is 77.0 cm³/mol. The number of halogens is 1. The average Bonchev–Trinajstić information content (AvgIpc) is 2.59. The largest absolute Gasteiger partial charge is 0.397 e. The first-order valence-corrected chi connectivity index (χ1v) is 7.96. The van der Waals surface area contributed by atoms with Gasteiger partial charge in [-0.15, -0.1) is 0 Å². The fourth-order valence-electron chi connectivity index (χ4n) is 2.07. The fraction of sp³-hybridized carbons (Fsp3) is 0.417. The van der Waals surface area contributed by atoms with E-state index in [0.717, 1.165) is 0 Å². The van der Waals surface area contributed by atoms with Crippen LogP contribution in [0.2, 0.25) is 5.02 Å². The molecule has 1 saturated heterocycles. The monoisotopic (exact) mass is 317 g/mol. The summed E-state index contributed by atoms with van der Waals surface area (Å²) < 4.78 is 26.5. The van der Waals surface area contributed by atoms with Crippen LogP contribution in [0.3, 0.4) is 0 Å². The minimum Gasteiger partial charge on any atom is -0.397 e.